The fourth-order valence-corrected chi connectivity index (χ4v) is 2.25. The molecule has 0 aliphatic carbocycles. The van der Waals surface area contributed by atoms with Gasteiger partial charge in [-0.25, -0.2) is 10.4 Å². The molecule has 0 fully saturated rings. The van der Waals surface area contributed by atoms with Gasteiger partial charge < -0.3 is 5.73 Å². The van der Waals surface area contributed by atoms with E-state index in [1.165, 1.54) is 0 Å². The van der Waals surface area contributed by atoms with E-state index in [-0.39, 0.29) is 6.04 Å². The van der Waals surface area contributed by atoms with Gasteiger partial charge in [0.15, 0.2) is 0 Å². The number of hydrazine groups is 1. The van der Waals surface area contributed by atoms with E-state index in [0.29, 0.717) is 5.82 Å². The number of nitrogen functional groups attached to an aromatic ring is 1. The van der Waals surface area contributed by atoms with Crippen LogP contribution in [0.25, 0.3) is 10.9 Å². The van der Waals surface area contributed by atoms with Crippen molar-refractivity contribution in [2.75, 3.05) is 5.73 Å². The zero-order chi connectivity index (χ0) is 13.9. The standard InChI is InChI=1S/C15H15N5/c16-15-11(5-3-9-18-15)14(20-17)13-8-7-10-4-1-2-6-12(10)19-13/h1-9,14,20H,17H2,(H2,16,18). The third-order valence-electron chi connectivity index (χ3n) is 3.26. The first-order valence-electron chi connectivity index (χ1n) is 6.32. The number of pyridine rings is 2. The van der Waals surface area contributed by atoms with E-state index >= 15 is 0 Å². The van der Waals surface area contributed by atoms with Crippen LogP contribution in [0.15, 0.2) is 54.7 Å². The van der Waals surface area contributed by atoms with Gasteiger partial charge in [0.25, 0.3) is 0 Å². The molecule has 2 aromatic heterocycles. The van der Waals surface area contributed by atoms with Crippen molar-refractivity contribution in [1.29, 1.82) is 0 Å². The molecule has 3 rings (SSSR count). The maximum absolute atomic E-state index is 5.91. The first-order chi connectivity index (χ1) is 9.79. The monoisotopic (exact) mass is 265 g/mol. The van der Waals surface area contributed by atoms with Crippen LogP contribution in [-0.2, 0) is 0 Å². The van der Waals surface area contributed by atoms with E-state index in [4.69, 9.17) is 11.6 Å². The summed E-state index contributed by atoms with van der Waals surface area (Å²) in [7, 11) is 0. The molecule has 3 aromatic rings. The topological polar surface area (TPSA) is 89.8 Å². The number of benzene rings is 1. The Morgan fingerprint density at radius 3 is 2.65 bits per heavy atom. The van der Waals surface area contributed by atoms with Crippen LogP contribution in [0, 0.1) is 0 Å². The molecule has 0 radical (unpaired) electrons. The Hall–Kier alpha value is -2.50. The molecule has 1 atom stereocenters. The van der Waals surface area contributed by atoms with Crippen LogP contribution in [0.4, 0.5) is 5.82 Å². The minimum atomic E-state index is -0.284. The predicted molar refractivity (Wildman–Crippen MR) is 79.6 cm³/mol. The molecule has 0 bridgehead atoms. The maximum Gasteiger partial charge on any atom is 0.128 e. The summed E-state index contributed by atoms with van der Waals surface area (Å²) in [5, 5.41) is 1.09. The second-order valence-corrected chi connectivity index (χ2v) is 4.51. The van der Waals surface area contributed by atoms with E-state index in [1.807, 2.05) is 48.5 Å². The molecule has 0 amide bonds. The fourth-order valence-electron chi connectivity index (χ4n) is 2.25. The summed E-state index contributed by atoms with van der Waals surface area (Å²) in [6.45, 7) is 0. The van der Waals surface area contributed by atoms with Gasteiger partial charge in [-0.1, -0.05) is 30.3 Å². The Bertz CT molecular complexity index is 741. The van der Waals surface area contributed by atoms with Gasteiger partial charge in [-0.2, -0.15) is 0 Å². The summed E-state index contributed by atoms with van der Waals surface area (Å²) in [6.07, 6.45) is 1.65. The Morgan fingerprint density at radius 2 is 1.85 bits per heavy atom. The van der Waals surface area contributed by atoms with Crippen LogP contribution < -0.4 is 17.0 Å². The summed E-state index contributed by atoms with van der Waals surface area (Å²) in [4.78, 5) is 8.73. The summed E-state index contributed by atoms with van der Waals surface area (Å²) in [6, 6.07) is 15.3. The van der Waals surface area contributed by atoms with Crippen molar-refractivity contribution < 1.29 is 0 Å². The van der Waals surface area contributed by atoms with E-state index in [9.17, 15) is 0 Å². The molecule has 5 nitrogen and oxygen atoms in total. The molecule has 1 aromatic carbocycles. The second kappa shape index (κ2) is 5.24. The largest absolute Gasteiger partial charge is 0.383 e. The number of nitrogens with one attached hydrogen (secondary N) is 1. The van der Waals surface area contributed by atoms with Crippen LogP contribution >= 0.6 is 0 Å². The Morgan fingerprint density at radius 1 is 1.00 bits per heavy atom. The molecular formula is C15H15N5. The zero-order valence-corrected chi connectivity index (χ0v) is 10.8. The number of anilines is 1. The Labute approximate surface area is 116 Å². The molecule has 100 valence electrons. The average Bonchev–Trinajstić information content (AvgIpc) is 2.50. The van der Waals surface area contributed by atoms with Crippen molar-refractivity contribution in [3.8, 4) is 0 Å². The van der Waals surface area contributed by atoms with E-state index in [0.717, 1.165) is 22.2 Å². The van der Waals surface area contributed by atoms with Gasteiger partial charge in [0, 0.05) is 17.1 Å². The molecule has 0 spiro atoms. The number of hydrogen-bond donors (Lipinski definition) is 3. The number of rotatable bonds is 3. The van der Waals surface area contributed by atoms with Gasteiger partial charge in [0.05, 0.1) is 17.3 Å². The number of aromatic nitrogens is 2. The summed E-state index contributed by atoms with van der Waals surface area (Å²) < 4.78 is 0. The lowest BCUT2D eigenvalue weighted by molar-refractivity contribution is 0.623. The summed E-state index contributed by atoms with van der Waals surface area (Å²) >= 11 is 0. The van der Waals surface area contributed by atoms with Crippen molar-refractivity contribution in [2.24, 2.45) is 5.84 Å². The smallest absolute Gasteiger partial charge is 0.128 e. The van der Waals surface area contributed by atoms with Crippen molar-refractivity contribution in [1.82, 2.24) is 15.4 Å². The van der Waals surface area contributed by atoms with Crippen molar-refractivity contribution in [2.45, 2.75) is 6.04 Å². The highest BCUT2D eigenvalue weighted by atomic mass is 15.2. The minimum Gasteiger partial charge on any atom is -0.383 e. The van der Waals surface area contributed by atoms with Crippen LogP contribution in [-0.4, -0.2) is 9.97 Å². The summed E-state index contributed by atoms with van der Waals surface area (Å²) in [5.41, 5.74) is 11.2. The number of hydrogen-bond acceptors (Lipinski definition) is 5. The number of nitrogens with two attached hydrogens (primary N) is 2. The molecule has 5 heteroatoms. The number of para-hydroxylation sites is 1. The van der Waals surface area contributed by atoms with Crippen molar-refractivity contribution >= 4 is 16.7 Å². The van der Waals surface area contributed by atoms with Crippen LogP contribution in [0.5, 0.6) is 0 Å². The minimum absolute atomic E-state index is 0.284. The maximum atomic E-state index is 5.91. The molecule has 2 heterocycles. The molecule has 0 saturated carbocycles. The van der Waals surface area contributed by atoms with Gasteiger partial charge in [0.2, 0.25) is 0 Å². The summed E-state index contributed by atoms with van der Waals surface area (Å²) in [5.74, 6) is 6.13. The van der Waals surface area contributed by atoms with Gasteiger partial charge in [-0.3, -0.25) is 10.8 Å². The second-order valence-electron chi connectivity index (χ2n) is 4.51. The third-order valence-corrected chi connectivity index (χ3v) is 3.26. The third kappa shape index (κ3) is 2.20. The predicted octanol–water partition coefficient (Wildman–Crippen LogP) is 1.76. The highest BCUT2D eigenvalue weighted by molar-refractivity contribution is 5.78. The number of nitrogens with zero attached hydrogens (tertiary/aromatic N) is 2. The lowest BCUT2D eigenvalue weighted by Gasteiger charge is -2.17. The molecule has 0 saturated heterocycles. The number of fused-ring (bicyclic) bond motifs is 1. The quantitative estimate of drug-likeness (QED) is 0.496. The normalized spacial score (nSPS) is 12.4. The Balaban J connectivity index is 2.10. The average molecular weight is 265 g/mol. The van der Waals surface area contributed by atoms with Gasteiger partial charge in [-0.05, 0) is 18.2 Å². The lowest BCUT2D eigenvalue weighted by Crippen LogP contribution is -2.30. The van der Waals surface area contributed by atoms with Crippen LogP contribution in [0.1, 0.15) is 17.3 Å². The lowest BCUT2D eigenvalue weighted by atomic mass is 10.0. The zero-order valence-electron chi connectivity index (χ0n) is 10.8. The highest BCUT2D eigenvalue weighted by Gasteiger charge is 2.17. The Kier molecular flexibility index (Phi) is 3.28. The SMILES string of the molecule is NNC(c1ccc2ccccc2n1)c1cccnc1N. The first-order valence-corrected chi connectivity index (χ1v) is 6.32. The van der Waals surface area contributed by atoms with E-state index < -0.39 is 0 Å². The first kappa shape index (κ1) is 12.5. The van der Waals surface area contributed by atoms with Crippen molar-refractivity contribution in [3.63, 3.8) is 0 Å². The van der Waals surface area contributed by atoms with Gasteiger partial charge in [0.1, 0.15) is 5.82 Å². The molecule has 1 unspecified atom stereocenters. The molecular weight excluding hydrogens is 250 g/mol. The van der Waals surface area contributed by atoms with Crippen molar-refractivity contribution in [3.05, 3.63) is 66.0 Å². The molecule has 0 aliphatic rings. The van der Waals surface area contributed by atoms with Crippen LogP contribution in [0.3, 0.4) is 0 Å². The van der Waals surface area contributed by atoms with Gasteiger partial charge in [-0.15, -0.1) is 0 Å². The molecule has 0 aliphatic heterocycles. The molecule has 20 heavy (non-hydrogen) atoms. The molecule has 5 N–H and O–H groups in total. The van der Waals surface area contributed by atoms with Crippen LogP contribution in [0.2, 0.25) is 0 Å². The highest BCUT2D eigenvalue weighted by Crippen LogP contribution is 2.24. The van der Waals surface area contributed by atoms with Gasteiger partial charge >= 0.3 is 0 Å². The van der Waals surface area contributed by atoms with E-state index in [1.54, 1.807) is 6.20 Å². The van der Waals surface area contributed by atoms with E-state index in [2.05, 4.69) is 15.4 Å². The fraction of sp³-hybridized carbons (Fsp3) is 0.0667.